The summed E-state index contributed by atoms with van der Waals surface area (Å²) < 4.78 is 38.3. The Morgan fingerprint density at radius 1 is 1.30 bits per heavy atom. The molecular weight excluding hydrogens is 379 g/mol. The molecule has 150 valence electrons. The molecule has 0 aliphatic carbocycles. The fourth-order valence-corrected chi connectivity index (χ4v) is 4.17. The maximum atomic E-state index is 12.8. The van der Waals surface area contributed by atoms with Gasteiger partial charge in [-0.05, 0) is 38.0 Å². The maximum absolute atomic E-state index is 12.8. The van der Waals surface area contributed by atoms with E-state index < -0.39 is 11.7 Å². The van der Waals surface area contributed by atoms with Crippen LogP contribution in [0, 0.1) is 0 Å². The van der Waals surface area contributed by atoms with Crippen LogP contribution >= 0.6 is 11.8 Å². The molecule has 2 rings (SSSR count). The Labute approximate surface area is 161 Å². The van der Waals surface area contributed by atoms with Gasteiger partial charge in [0, 0.05) is 26.7 Å². The third kappa shape index (κ3) is 5.31. The van der Waals surface area contributed by atoms with Gasteiger partial charge in [-0.15, -0.1) is 11.8 Å². The second-order valence-corrected chi connectivity index (χ2v) is 7.82. The molecule has 2 atom stereocenters. The Morgan fingerprint density at radius 2 is 1.93 bits per heavy atom. The number of carbonyl (C=O) groups excluding carboxylic acids is 2. The first-order valence-corrected chi connectivity index (χ1v) is 9.71. The molecular formula is C18H24F3N3O2S. The summed E-state index contributed by atoms with van der Waals surface area (Å²) in [6.45, 7) is 5.09. The molecule has 1 saturated heterocycles. The number of nitrogens with one attached hydrogen (secondary N) is 1. The molecule has 0 radical (unpaired) electrons. The molecule has 1 aromatic rings. The zero-order valence-corrected chi connectivity index (χ0v) is 16.4. The maximum Gasteiger partial charge on any atom is 0.416 e. The molecule has 1 N–H and O–H groups in total. The molecule has 1 aromatic carbocycles. The molecule has 1 fully saturated rings. The van der Waals surface area contributed by atoms with Gasteiger partial charge in [0.15, 0.2) is 0 Å². The van der Waals surface area contributed by atoms with E-state index in [2.05, 4.69) is 5.32 Å². The number of carbonyl (C=O) groups is 2. The SMILES string of the molecule is CCNC(=O)N(C)CCCN1C(=O)[C@H](C)S[C@H]1c1ccc(C(F)(F)F)cc1. The highest BCUT2D eigenvalue weighted by atomic mass is 32.2. The molecule has 1 aliphatic rings. The summed E-state index contributed by atoms with van der Waals surface area (Å²) in [6, 6.07) is 4.78. The van der Waals surface area contributed by atoms with Gasteiger partial charge in [0.2, 0.25) is 5.91 Å². The Morgan fingerprint density at radius 3 is 2.48 bits per heavy atom. The van der Waals surface area contributed by atoms with E-state index in [1.54, 1.807) is 23.8 Å². The third-order valence-corrected chi connectivity index (χ3v) is 5.73. The average molecular weight is 403 g/mol. The van der Waals surface area contributed by atoms with Crippen LogP contribution < -0.4 is 5.32 Å². The Hall–Kier alpha value is -1.90. The lowest BCUT2D eigenvalue weighted by molar-refractivity contribution is -0.137. The molecule has 3 amide bonds. The number of halogens is 3. The molecule has 0 unspecified atom stereocenters. The van der Waals surface area contributed by atoms with Gasteiger partial charge in [0.1, 0.15) is 5.37 Å². The lowest BCUT2D eigenvalue weighted by Gasteiger charge is -2.26. The number of hydrogen-bond acceptors (Lipinski definition) is 3. The minimum absolute atomic E-state index is 0.0365. The van der Waals surface area contributed by atoms with Crippen molar-refractivity contribution in [3.63, 3.8) is 0 Å². The fraction of sp³-hybridized carbons (Fsp3) is 0.556. The average Bonchev–Trinajstić information content (AvgIpc) is 2.89. The molecule has 27 heavy (non-hydrogen) atoms. The summed E-state index contributed by atoms with van der Waals surface area (Å²) in [5.74, 6) is -0.0365. The van der Waals surface area contributed by atoms with Crippen molar-refractivity contribution >= 4 is 23.7 Å². The molecule has 0 bridgehead atoms. The van der Waals surface area contributed by atoms with E-state index in [0.717, 1.165) is 12.1 Å². The summed E-state index contributed by atoms with van der Waals surface area (Å²) >= 11 is 1.42. The van der Waals surface area contributed by atoms with E-state index in [-0.39, 0.29) is 22.6 Å². The second kappa shape index (κ2) is 8.86. The molecule has 1 heterocycles. The number of nitrogens with zero attached hydrogens (tertiary/aromatic N) is 2. The second-order valence-electron chi connectivity index (χ2n) is 6.39. The normalized spacial score (nSPS) is 20.1. The van der Waals surface area contributed by atoms with Crippen LogP contribution in [-0.4, -0.2) is 53.7 Å². The summed E-state index contributed by atoms with van der Waals surface area (Å²) in [5, 5.41) is 2.14. The predicted octanol–water partition coefficient (Wildman–Crippen LogP) is 3.72. The number of thioether (sulfide) groups is 1. The van der Waals surface area contributed by atoms with Crippen molar-refractivity contribution in [1.29, 1.82) is 0 Å². The Balaban J connectivity index is 2.03. The standard InChI is InChI=1S/C18H24F3N3O2S/c1-4-22-17(26)23(3)10-5-11-24-15(25)12(2)27-16(24)13-6-8-14(9-7-13)18(19,20)21/h6-9,12,16H,4-5,10-11H2,1-3H3,(H,22,26)/t12-,16-/m0/s1. The third-order valence-electron chi connectivity index (χ3n) is 4.34. The van der Waals surface area contributed by atoms with Crippen LogP contribution in [0.5, 0.6) is 0 Å². The quantitative estimate of drug-likeness (QED) is 0.788. The molecule has 1 aliphatic heterocycles. The highest BCUT2D eigenvalue weighted by Crippen LogP contribution is 2.43. The van der Waals surface area contributed by atoms with Crippen molar-refractivity contribution in [1.82, 2.24) is 15.1 Å². The van der Waals surface area contributed by atoms with Crippen LogP contribution in [0.4, 0.5) is 18.0 Å². The van der Waals surface area contributed by atoms with Gasteiger partial charge in [-0.1, -0.05) is 12.1 Å². The van der Waals surface area contributed by atoms with Crippen LogP contribution in [0.2, 0.25) is 0 Å². The fourth-order valence-electron chi connectivity index (χ4n) is 2.86. The predicted molar refractivity (Wildman–Crippen MR) is 99.3 cm³/mol. The van der Waals surface area contributed by atoms with Crippen molar-refractivity contribution in [2.45, 2.75) is 37.1 Å². The zero-order valence-electron chi connectivity index (χ0n) is 15.5. The van der Waals surface area contributed by atoms with Gasteiger partial charge in [0.05, 0.1) is 10.8 Å². The minimum atomic E-state index is -4.38. The van der Waals surface area contributed by atoms with E-state index in [1.165, 1.54) is 23.9 Å². The molecule has 0 spiro atoms. The highest BCUT2D eigenvalue weighted by Gasteiger charge is 2.38. The zero-order chi connectivity index (χ0) is 20.2. The smallest absolute Gasteiger partial charge is 0.338 e. The number of benzene rings is 1. The van der Waals surface area contributed by atoms with E-state index in [0.29, 0.717) is 31.6 Å². The minimum Gasteiger partial charge on any atom is -0.338 e. The van der Waals surface area contributed by atoms with Crippen molar-refractivity contribution in [3.8, 4) is 0 Å². The Kier molecular flexibility index (Phi) is 7.02. The van der Waals surface area contributed by atoms with Gasteiger partial charge in [0.25, 0.3) is 0 Å². The summed E-state index contributed by atoms with van der Waals surface area (Å²) in [5.41, 5.74) is -0.0356. The van der Waals surface area contributed by atoms with Crippen molar-refractivity contribution < 1.29 is 22.8 Å². The molecule has 0 saturated carbocycles. The monoisotopic (exact) mass is 403 g/mol. The van der Waals surface area contributed by atoms with E-state index in [9.17, 15) is 22.8 Å². The van der Waals surface area contributed by atoms with Gasteiger partial charge in [-0.3, -0.25) is 4.79 Å². The van der Waals surface area contributed by atoms with Crippen LogP contribution in [0.3, 0.4) is 0 Å². The number of amides is 3. The number of hydrogen-bond donors (Lipinski definition) is 1. The molecule has 5 nitrogen and oxygen atoms in total. The molecule has 9 heteroatoms. The van der Waals surface area contributed by atoms with Crippen molar-refractivity contribution in [2.24, 2.45) is 0 Å². The van der Waals surface area contributed by atoms with Crippen LogP contribution in [-0.2, 0) is 11.0 Å². The van der Waals surface area contributed by atoms with Gasteiger partial charge >= 0.3 is 12.2 Å². The highest BCUT2D eigenvalue weighted by molar-refractivity contribution is 8.01. The Bertz CT molecular complexity index is 667. The van der Waals surface area contributed by atoms with E-state index >= 15 is 0 Å². The first kappa shape index (κ1) is 21.4. The largest absolute Gasteiger partial charge is 0.416 e. The van der Waals surface area contributed by atoms with E-state index in [4.69, 9.17) is 0 Å². The number of alkyl halides is 3. The topological polar surface area (TPSA) is 52.7 Å². The van der Waals surface area contributed by atoms with Gasteiger partial charge in [-0.25, -0.2) is 4.79 Å². The first-order chi connectivity index (χ1) is 12.6. The summed E-state index contributed by atoms with van der Waals surface area (Å²) in [7, 11) is 1.68. The number of urea groups is 1. The summed E-state index contributed by atoms with van der Waals surface area (Å²) in [6.07, 6.45) is -3.79. The summed E-state index contributed by atoms with van der Waals surface area (Å²) in [4.78, 5) is 27.4. The van der Waals surface area contributed by atoms with Crippen LogP contribution in [0.15, 0.2) is 24.3 Å². The first-order valence-electron chi connectivity index (χ1n) is 8.77. The van der Waals surface area contributed by atoms with Gasteiger partial charge < -0.3 is 15.1 Å². The van der Waals surface area contributed by atoms with Crippen molar-refractivity contribution in [3.05, 3.63) is 35.4 Å². The number of rotatable bonds is 6. The van der Waals surface area contributed by atoms with Crippen LogP contribution in [0.1, 0.15) is 36.8 Å². The lowest BCUT2D eigenvalue weighted by Crippen LogP contribution is -2.39. The van der Waals surface area contributed by atoms with Crippen LogP contribution in [0.25, 0.3) is 0 Å². The van der Waals surface area contributed by atoms with E-state index in [1.807, 2.05) is 6.92 Å². The van der Waals surface area contributed by atoms with Gasteiger partial charge in [-0.2, -0.15) is 13.2 Å². The lowest BCUT2D eigenvalue weighted by atomic mass is 10.1. The van der Waals surface area contributed by atoms with Crippen molar-refractivity contribution in [2.75, 3.05) is 26.7 Å². The molecule has 0 aromatic heterocycles.